The summed E-state index contributed by atoms with van der Waals surface area (Å²) in [6.07, 6.45) is 6.17. The molecule has 0 spiro atoms. The number of carbonyl (C=O) groups excluding carboxylic acids is 1. The first-order chi connectivity index (χ1) is 13.5. The Hall–Kier alpha value is -2.28. The summed E-state index contributed by atoms with van der Waals surface area (Å²) >= 11 is 0. The molecule has 2 aromatic rings. The number of fused-ring (bicyclic) bond motifs is 1. The number of nitrogens with zero attached hydrogens (tertiary/aromatic N) is 5. The van der Waals surface area contributed by atoms with Gasteiger partial charge in [-0.2, -0.15) is 0 Å². The van der Waals surface area contributed by atoms with Crippen LogP contribution >= 0.6 is 0 Å². The minimum absolute atomic E-state index is 0.171. The van der Waals surface area contributed by atoms with Gasteiger partial charge in [-0.05, 0) is 53.2 Å². The van der Waals surface area contributed by atoms with Crippen LogP contribution in [0.25, 0.3) is 0 Å². The number of hydrogen-bond acceptors (Lipinski definition) is 6. The van der Waals surface area contributed by atoms with E-state index in [2.05, 4.69) is 22.1 Å². The van der Waals surface area contributed by atoms with E-state index in [0.29, 0.717) is 25.3 Å². The van der Waals surface area contributed by atoms with Crippen LogP contribution < -0.4 is 0 Å². The lowest BCUT2D eigenvalue weighted by atomic mass is 9.95. The highest BCUT2D eigenvalue weighted by Crippen LogP contribution is 2.27. The molecule has 0 aliphatic carbocycles. The largest absolute Gasteiger partial charge is 0.361 e. The molecule has 150 valence electrons. The Kier molecular flexibility index (Phi) is 5.44. The predicted molar refractivity (Wildman–Crippen MR) is 105 cm³/mol. The number of aromatic nitrogens is 3. The van der Waals surface area contributed by atoms with Crippen LogP contribution in [0, 0.1) is 13.8 Å². The molecule has 2 aromatic heterocycles. The highest BCUT2D eigenvalue weighted by atomic mass is 16.5. The van der Waals surface area contributed by atoms with Crippen molar-refractivity contribution in [2.45, 2.75) is 58.4 Å². The molecule has 0 atom stereocenters. The Bertz CT molecular complexity index is 835. The molecule has 1 amide bonds. The standard InChI is InChI=1S/C21H29N5O2/c1-14-18(15(2)28-24-14)4-5-20(27)26-11-8-19-17(13-26)12-22-21(23-19)16-6-9-25(3)10-7-16/h12,16H,4-11,13H2,1-3H3. The van der Waals surface area contributed by atoms with Gasteiger partial charge < -0.3 is 14.3 Å². The fraction of sp³-hybridized carbons (Fsp3) is 0.619. The van der Waals surface area contributed by atoms with Gasteiger partial charge in [0.15, 0.2) is 0 Å². The Morgan fingerprint density at radius 1 is 1.25 bits per heavy atom. The SMILES string of the molecule is Cc1noc(C)c1CCC(=O)N1CCc2nc(C3CCN(C)CC3)ncc2C1. The molecule has 2 aliphatic heterocycles. The summed E-state index contributed by atoms with van der Waals surface area (Å²) in [5.74, 6) is 2.44. The van der Waals surface area contributed by atoms with Gasteiger partial charge in [-0.15, -0.1) is 0 Å². The third-order valence-electron chi connectivity index (χ3n) is 6.16. The predicted octanol–water partition coefficient (Wildman–Crippen LogP) is 2.41. The summed E-state index contributed by atoms with van der Waals surface area (Å²) in [5.41, 5.74) is 4.15. The van der Waals surface area contributed by atoms with Gasteiger partial charge in [-0.25, -0.2) is 9.97 Å². The van der Waals surface area contributed by atoms with Crippen LogP contribution in [0.4, 0.5) is 0 Å². The van der Waals surface area contributed by atoms with Crippen molar-refractivity contribution in [2.75, 3.05) is 26.7 Å². The lowest BCUT2D eigenvalue weighted by Gasteiger charge is -2.30. The van der Waals surface area contributed by atoms with Gasteiger partial charge in [0.1, 0.15) is 11.6 Å². The van der Waals surface area contributed by atoms with Gasteiger partial charge in [0.2, 0.25) is 5.91 Å². The number of piperidine rings is 1. The molecule has 0 aromatic carbocycles. The Morgan fingerprint density at radius 2 is 2.04 bits per heavy atom. The number of carbonyl (C=O) groups is 1. The molecule has 4 heterocycles. The van der Waals surface area contributed by atoms with E-state index in [1.165, 1.54) is 0 Å². The molecule has 0 radical (unpaired) electrons. The quantitative estimate of drug-likeness (QED) is 0.807. The summed E-state index contributed by atoms with van der Waals surface area (Å²) in [5, 5.41) is 3.97. The van der Waals surface area contributed by atoms with Crippen LogP contribution in [0.2, 0.25) is 0 Å². The first-order valence-corrected chi connectivity index (χ1v) is 10.2. The number of amides is 1. The Balaban J connectivity index is 1.37. The van der Waals surface area contributed by atoms with Gasteiger partial charge in [0.05, 0.1) is 11.4 Å². The minimum atomic E-state index is 0.171. The van der Waals surface area contributed by atoms with Crippen molar-refractivity contribution in [3.63, 3.8) is 0 Å². The molecule has 2 aliphatic rings. The molecule has 0 unspecified atom stereocenters. The van der Waals surface area contributed by atoms with E-state index in [4.69, 9.17) is 9.51 Å². The van der Waals surface area contributed by atoms with Gasteiger partial charge >= 0.3 is 0 Å². The van der Waals surface area contributed by atoms with E-state index in [1.807, 2.05) is 24.9 Å². The maximum absolute atomic E-state index is 12.7. The van der Waals surface area contributed by atoms with Crippen LogP contribution in [0.5, 0.6) is 0 Å². The molecule has 28 heavy (non-hydrogen) atoms. The number of hydrogen-bond donors (Lipinski definition) is 0. The number of aryl methyl sites for hydroxylation is 2. The van der Waals surface area contributed by atoms with E-state index in [0.717, 1.165) is 73.0 Å². The average molecular weight is 383 g/mol. The molecule has 7 heteroatoms. The minimum Gasteiger partial charge on any atom is -0.361 e. The summed E-state index contributed by atoms with van der Waals surface area (Å²) < 4.78 is 5.19. The lowest BCUT2D eigenvalue weighted by molar-refractivity contribution is -0.132. The molecule has 1 fully saturated rings. The van der Waals surface area contributed by atoms with Crippen LogP contribution in [0.3, 0.4) is 0 Å². The van der Waals surface area contributed by atoms with Crippen LogP contribution in [-0.2, 0) is 24.2 Å². The van der Waals surface area contributed by atoms with Gasteiger partial charge in [-0.1, -0.05) is 5.16 Å². The fourth-order valence-electron chi connectivity index (χ4n) is 4.26. The van der Waals surface area contributed by atoms with Crippen LogP contribution in [0.1, 0.15) is 59.3 Å². The third-order valence-corrected chi connectivity index (χ3v) is 6.16. The van der Waals surface area contributed by atoms with E-state index in [-0.39, 0.29) is 5.91 Å². The summed E-state index contributed by atoms with van der Waals surface area (Å²) in [4.78, 5) is 26.5. The molecule has 1 saturated heterocycles. The van der Waals surface area contributed by atoms with Crippen molar-refractivity contribution in [3.8, 4) is 0 Å². The zero-order valence-electron chi connectivity index (χ0n) is 17.1. The second-order valence-corrected chi connectivity index (χ2v) is 8.15. The van der Waals surface area contributed by atoms with Crippen molar-refractivity contribution in [3.05, 3.63) is 40.3 Å². The lowest BCUT2D eigenvalue weighted by Crippen LogP contribution is -2.37. The summed E-state index contributed by atoms with van der Waals surface area (Å²) in [7, 11) is 2.17. The molecular formula is C21H29N5O2. The molecule has 0 bridgehead atoms. The van der Waals surface area contributed by atoms with E-state index in [1.54, 1.807) is 0 Å². The van der Waals surface area contributed by atoms with Crippen molar-refractivity contribution < 1.29 is 9.32 Å². The maximum Gasteiger partial charge on any atom is 0.223 e. The first-order valence-electron chi connectivity index (χ1n) is 10.2. The normalized spacial score (nSPS) is 18.3. The highest BCUT2D eigenvalue weighted by Gasteiger charge is 2.25. The van der Waals surface area contributed by atoms with Gasteiger partial charge in [0, 0.05) is 49.2 Å². The first kappa shape index (κ1) is 19.1. The smallest absolute Gasteiger partial charge is 0.223 e. The third kappa shape index (κ3) is 3.94. The van der Waals surface area contributed by atoms with Crippen molar-refractivity contribution >= 4 is 5.91 Å². The second-order valence-electron chi connectivity index (χ2n) is 8.15. The summed E-state index contributed by atoms with van der Waals surface area (Å²) in [6, 6.07) is 0. The second kappa shape index (κ2) is 7.99. The van der Waals surface area contributed by atoms with Crippen molar-refractivity contribution in [1.29, 1.82) is 0 Å². The molecule has 0 N–H and O–H groups in total. The van der Waals surface area contributed by atoms with Crippen molar-refractivity contribution in [2.24, 2.45) is 0 Å². The Morgan fingerprint density at radius 3 is 2.75 bits per heavy atom. The van der Waals surface area contributed by atoms with Crippen molar-refractivity contribution in [1.82, 2.24) is 24.9 Å². The average Bonchev–Trinajstić information content (AvgIpc) is 3.03. The van der Waals surface area contributed by atoms with Gasteiger partial charge in [-0.3, -0.25) is 4.79 Å². The topological polar surface area (TPSA) is 75.4 Å². The fourth-order valence-corrected chi connectivity index (χ4v) is 4.26. The number of likely N-dealkylation sites (tertiary alicyclic amines) is 1. The van der Waals surface area contributed by atoms with E-state index < -0.39 is 0 Å². The maximum atomic E-state index is 12.7. The zero-order valence-corrected chi connectivity index (χ0v) is 17.1. The highest BCUT2D eigenvalue weighted by molar-refractivity contribution is 5.76. The molecular weight excluding hydrogens is 354 g/mol. The summed E-state index contributed by atoms with van der Waals surface area (Å²) in [6.45, 7) is 7.39. The Labute approximate surface area is 166 Å². The van der Waals surface area contributed by atoms with Gasteiger partial charge in [0.25, 0.3) is 0 Å². The van der Waals surface area contributed by atoms with E-state index >= 15 is 0 Å². The zero-order chi connectivity index (χ0) is 19.7. The van der Waals surface area contributed by atoms with Crippen LogP contribution in [-0.4, -0.2) is 57.5 Å². The monoisotopic (exact) mass is 383 g/mol. The van der Waals surface area contributed by atoms with Crippen LogP contribution in [0.15, 0.2) is 10.7 Å². The van der Waals surface area contributed by atoms with E-state index in [9.17, 15) is 4.79 Å². The number of rotatable bonds is 4. The molecule has 7 nitrogen and oxygen atoms in total. The molecule has 0 saturated carbocycles. The molecule has 4 rings (SSSR count).